The third-order valence-electron chi connectivity index (χ3n) is 1.07. The summed E-state index contributed by atoms with van der Waals surface area (Å²) in [6.07, 6.45) is 3.69. The van der Waals surface area contributed by atoms with Gasteiger partial charge in [-0.1, -0.05) is 0 Å². The van der Waals surface area contributed by atoms with E-state index in [4.69, 9.17) is 5.11 Å². The number of aliphatic hydroxyl groups is 1. The third kappa shape index (κ3) is 1.85. The number of aromatic nitrogens is 2. The minimum Gasteiger partial charge on any atom is -0.393 e. The molecular formula is C6H10N2O. The van der Waals surface area contributed by atoms with Gasteiger partial charge in [0.05, 0.1) is 12.4 Å². The van der Waals surface area contributed by atoms with Gasteiger partial charge in [0.15, 0.2) is 0 Å². The van der Waals surface area contributed by atoms with Gasteiger partial charge in [-0.05, 0) is 6.92 Å². The quantitative estimate of drug-likeness (QED) is 0.600. The van der Waals surface area contributed by atoms with Crippen LogP contribution in [0.1, 0.15) is 12.6 Å². The summed E-state index contributed by atoms with van der Waals surface area (Å²) in [6.45, 7) is 1.75. The van der Waals surface area contributed by atoms with Gasteiger partial charge in [-0.2, -0.15) is 0 Å². The number of aromatic amines is 1. The predicted molar refractivity (Wildman–Crippen MR) is 34.0 cm³/mol. The van der Waals surface area contributed by atoms with Crippen LogP contribution in [0.5, 0.6) is 0 Å². The van der Waals surface area contributed by atoms with E-state index in [0.717, 1.165) is 5.69 Å². The lowest BCUT2D eigenvalue weighted by molar-refractivity contribution is 0.194. The van der Waals surface area contributed by atoms with Crippen molar-refractivity contribution >= 4 is 0 Å². The first-order chi connectivity index (χ1) is 4.29. The molecular weight excluding hydrogens is 116 g/mol. The van der Waals surface area contributed by atoms with E-state index in [1.807, 2.05) is 0 Å². The minimum atomic E-state index is -0.287. The Morgan fingerprint density at radius 3 is 3.11 bits per heavy atom. The second kappa shape index (κ2) is 2.64. The maximum atomic E-state index is 8.88. The molecule has 50 valence electrons. The largest absolute Gasteiger partial charge is 0.393 e. The summed E-state index contributed by atoms with van der Waals surface area (Å²) in [5, 5.41) is 8.88. The second-order valence-corrected chi connectivity index (χ2v) is 2.13. The zero-order chi connectivity index (χ0) is 6.69. The maximum Gasteiger partial charge on any atom is 0.0921 e. The first-order valence-electron chi connectivity index (χ1n) is 2.94. The van der Waals surface area contributed by atoms with Gasteiger partial charge in [-0.3, -0.25) is 0 Å². The molecule has 0 spiro atoms. The lowest BCUT2D eigenvalue weighted by Crippen LogP contribution is -2.03. The molecule has 0 radical (unpaired) electrons. The number of H-pyrrole nitrogens is 1. The van der Waals surface area contributed by atoms with E-state index < -0.39 is 0 Å². The molecule has 0 aliphatic heterocycles. The van der Waals surface area contributed by atoms with E-state index in [-0.39, 0.29) is 6.10 Å². The van der Waals surface area contributed by atoms with Gasteiger partial charge in [0.1, 0.15) is 0 Å². The summed E-state index contributed by atoms with van der Waals surface area (Å²) >= 11 is 0. The summed E-state index contributed by atoms with van der Waals surface area (Å²) in [4.78, 5) is 6.71. The molecule has 0 saturated heterocycles. The number of hydrogen-bond acceptors (Lipinski definition) is 2. The van der Waals surface area contributed by atoms with Crippen LogP contribution >= 0.6 is 0 Å². The number of hydrogen-bond donors (Lipinski definition) is 2. The van der Waals surface area contributed by atoms with Crippen molar-refractivity contribution in [3.63, 3.8) is 0 Å². The molecule has 0 amide bonds. The van der Waals surface area contributed by atoms with Crippen molar-refractivity contribution in [1.29, 1.82) is 0 Å². The minimum absolute atomic E-state index is 0.287. The van der Waals surface area contributed by atoms with Gasteiger partial charge >= 0.3 is 0 Å². The van der Waals surface area contributed by atoms with E-state index in [0.29, 0.717) is 6.42 Å². The molecule has 9 heavy (non-hydrogen) atoms. The van der Waals surface area contributed by atoms with E-state index >= 15 is 0 Å². The number of nitrogens with one attached hydrogen (secondary N) is 1. The Labute approximate surface area is 53.7 Å². The summed E-state index contributed by atoms with van der Waals surface area (Å²) < 4.78 is 0. The molecule has 1 atom stereocenters. The van der Waals surface area contributed by atoms with Gasteiger partial charge in [0.2, 0.25) is 0 Å². The van der Waals surface area contributed by atoms with Crippen LogP contribution in [0.2, 0.25) is 0 Å². The van der Waals surface area contributed by atoms with Gasteiger partial charge in [-0.15, -0.1) is 0 Å². The Kier molecular flexibility index (Phi) is 1.85. The molecule has 0 fully saturated rings. The van der Waals surface area contributed by atoms with Crippen molar-refractivity contribution in [3.8, 4) is 0 Å². The lowest BCUT2D eigenvalue weighted by atomic mass is 10.2. The van der Waals surface area contributed by atoms with Gasteiger partial charge in [-0.25, -0.2) is 4.98 Å². The van der Waals surface area contributed by atoms with Crippen molar-refractivity contribution in [2.45, 2.75) is 19.4 Å². The van der Waals surface area contributed by atoms with Crippen molar-refractivity contribution in [2.75, 3.05) is 0 Å². The summed E-state index contributed by atoms with van der Waals surface area (Å²) in [5.74, 6) is 0. The van der Waals surface area contributed by atoms with Gasteiger partial charge in [0, 0.05) is 18.3 Å². The average molecular weight is 126 g/mol. The highest BCUT2D eigenvalue weighted by Gasteiger charge is 1.97. The number of nitrogens with zero attached hydrogens (tertiary/aromatic N) is 1. The molecule has 0 saturated carbocycles. The van der Waals surface area contributed by atoms with Crippen LogP contribution in [-0.2, 0) is 6.42 Å². The molecule has 1 rings (SSSR count). The fourth-order valence-corrected chi connectivity index (χ4v) is 0.715. The van der Waals surface area contributed by atoms with E-state index in [1.165, 1.54) is 0 Å². The Morgan fingerprint density at radius 2 is 2.67 bits per heavy atom. The van der Waals surface area contributed by atoms with Crippen LogP contribution < -0.4 is 0 Å². The summed E-state index contributed by atoms with van der Waals surface area (Å²) in [5.41, 5.74) is 0.977. The first-order valence-corrected chi connectivity index (χ1v) is 2.94. The van der Waals surface area contributed by atoms with Gasteiger partial charge < -0.3 is 10.1 Å². The second-order valence-electron chi connectivity index (χ2n) is 2.13. The van der Waals surface area contributed by atoms with E-state index in [1.54, 1.807) is 19.4 Å². The normalized spacial score (nSPS) is 13.6. The molecule has 0 aromatic carbocycles. The number of aliphatic hydroxyl groups excluding tert-OH is 1. The molecule has 3 nitrogen and oxygen atoms in total. The summed E-state index contributed by atoms with van der Waals surface area (Å²) in [6, 6.07) is 0. The molecule has 3 heteroatoms. The maximum absolute atomic E-state index is 8.88. The van der Waals surface area contributed by atoms with Crippen molar-refractivity contribution < 1.29 is 5.11 Å². The van der Waals surface area contributed by atoms with Crippen LogP contribution in [0.4, 0.5) is 0 Å². The predicted octanol–water partition coefficient (Wildman–Crippen LogP) is 0.333. The Hall–Kier alpha value is -0.830. The zero-order valence-electron chi connectivity index (χ0n) is 5.33. The highest BCUT2D eigenvalue weighted by Crippen LogP contribution is 1.95. The topological polar surface area (TPSA) is 48.9 Å². The van der Waals surface area contributed by atoms with E-state index in [9.17, 15) is 0 Å². The molecule has 1 heterocycles. The Bertz CT molecular complexity index is 158. The van der Waals surface area contributed by atoms with Crippen LogP contribution in [0.3, 0.4) is 0 Å². The fraction of sp³-hybridized carbons (Fsp3) is 0.500. The highest BCUT2D eigenvalue weighted by atomic mass is 16.3. The smallest absolute Gasteiger partial charge is 0.0921 e. The Balaban J connectivity index is 2.48. The molecule has 0 aliphatic rings. The monoisotopic (exact) mass is 126 g/mol. The van der Waals surface area contributed by atoms with Crippen molar-refractivity contribution in [2.24, 2.45) is 0 Å². The molecule has 0 aliphatic carbocycles. The molecule has 0 bridgehead atoms. The lowest BCUT2D eigenvalue weighted by Gasteiger charge is -1.98. The Morgan fingerprint density at radius 1 is 1.89 bits per heavy atom. The number of imidazole rings is 1. The SMILES string of the molecule is CC(O)Cc1cnc[nH]1. The fourth-order valence-electron chi connectivity index (χ4n) is 0.715. The average Bonchev–Trinajstić information content (AvgIpc) is 2.15. The van der Waals surface area contributed by atoms with Crippen LogP contribution in [-0.4, -0.2) is 21.2 Å². The first kappa shape index (κ1) is 6.29. The molecule has 1 unspecified atom stereocenters. The summed E-state index contributed by atoms with van der Waals surface area (Å²) in [7, 11) is 0. The third-order valence-corrected chi connectivity index (χ3v) is 1.07. The standard InChI is InChI=1S/C6H10N2O/c1-5(9)2-6-3-7-4-8-6/h3-5,9H,2H2,1H3,(H,7,8). The van der Waals surface area contributed by atoms with E-state index in [2.05, 4.69) is 9.97 Å². The molecule has 1 aromatic heterocycles. The van der Waals surface area contributed by atoms with Crippen molar-refractivity contribution in [3.05, 3.63) is 18.2 Å². The van der Waals surface area contributed by atoms with Gasteiger partial charge in [0.25, 0.3) is 0 Å². The highest BCUT2D eigenvalue weighted by molar-refractivity contribution is 4.95. The number of rotatable bonds is 2. The van der Waals surface area contributed by atoms with Crippen molar-refractivity contribution in [1.82, 2.24) is 9.97 Å². The van der Waals surface area contributed by atoms with Crippen LogP contribution in [0.15, 0.2) is 12.5 Å². The molecule has 1 aromatic rings. The van der Waals surface area contributed by atoms with Crippen LogP contribution in [0, 0.1) is 0 Å². The van der Waals surface area contributed by atoms with Crippen LogP contribution in [0.25, 0.3) is 0 Å². The molecule has 2 N–H and O–H groups in total. The zero-order valence-corrected chi connectivity index (χ0v) is 5.33.